The molecule has 0 unspecified atom stereocenters. The van der Waals surface area contributed by atoms with Gasteiger partial charge in [-0.2, -0.15) is 0 Å². The van der Waals surface area contributed by atoms with Crippen LogP contribution in [0.4, 0.5) is 0 Å². The fourth-order valence-corrected chi connectivity index (χ4v) is 1.98. The molecule has 0 aliphatic carbocycles. The molecule has 1 aromatic carbocycles. The Morgan fingerprint density at radius 3 is 2.71 bits per heavy atom. The van der Waals surface area contributed by atoms with Gasteiger partial charge in [-0.05, 0) is 47.0 Å². The van der Waals surface area contributed by atoms with Crippen LogP contribution in [0, 0.1) is 13.8 Å². The minimum absolute atomic E-state index is 0.283. The molecule has 3 nitrogen and oxygen atoms in total. The molecule has 0 fully saturated rings. The van der Waals surface area contributed by atoms with Gasteiger partial charge in [0.2, 0.25) is 0 Å². The van der Waals surface area contributed by atoms with Gasteiger partial charge in [0, 0.05) is 12.0 Å². The van der Waals surface area contributed by atoms with Gasteiger partial charge in [0.25, 0.3) is 0 Å². The Balaban J connectivity index is 3.11. The molecule has 0 bridgehead atoms. The highest BCUT2D eigenvalue weighted by molar-refractivity contribution is 9.10. The Bertz CT molecular complexity index is 313. The summed E-state index contributed by atoms with van der Waals surface area (Å²) in [7, 11) is 0. The number of nitrogens with two attached hydrogens (primary N) is 1. The lowest BCUT2D eigenvalue weighted by atomic mass is 10.0. The van der Waals surface area contributed by atoms with E-state index < -0.39 is 0 Å². The van der Waals surface area contributed by atoms with Crippen LogP contribution in [0.3, 0.4) is 0 Å². The largest absolute Gasteiger partial charge is 0.506 e. The maximum atomic E-state index is 9.79. The van der Waals surface area contributed by atoms with Gasteiger partial charge in [-0.3, -0.25) is 0 Å². The summed E-state index contributed by atoms with van der Waals surface area (Å²) < 4.78 is 0.715. The van der Waals surface area contributed by atoms with E-state index in [2.05, 4.69) is 20.8 Å². The Morgan fingerprint density at radius 2 is 2.14 bits per heavy atom. The minimum atomic E-state index is 0.283. The van der Waals surface area contributed by atoms with E-state index in [9.17, 15) is 5.11 Å². The van der Waals surface area contributed by atoms with Crippen LogP contribution in [-0.4, -0.2) is 11.7 Å². The van der Waals surface area contributed by atoms with Crippen molar-refractivity contribution in [3.05, 3.63) is 27.2 Å². The SMILES string of the molecule is Cc1cc(Br)c(O)c(CCON)c1C. The molecule has 4 heteroatoms. The molecule has 0 aliphatic heterocycles. The van der Waals surface area contributed by atoms with E-state index in [1.54, 1.807) is 0 Å². The highest BCUT2D eigenvalue weighted by atomic mass is 79.9. The molecule has 0 atom stereocenters. The van der Waals surface area contributed by atoms with Gasteiger partial charge >= 0.3 is 0 Å². The topological polar surface area (TPSA) is 55.5 Å². The number of rotatable bonds is 3. The number of benzene rings is 1. The van der Waals surface area contributed by atoms with Gasteiger partial charge in [0.1, 0.15) is 5.75 Å². The predicted molar refractivity (Wildman–Crippen MR) is 59.1 cm³/mol. The van der Waals surface area contributed by atoms with Crippen molar-refractivity contribution in [3.8, 4) is 5.75 Å². The van der Waals surface area contributed by atoms with Gasteiger partial charge < -0.3 is 9.94 Å². The van der Waals surface area contributed by atoms with E-state index >= 15 is 0 Å². The summed E-state index contributed by atoms with van der Waals surface area (Å²) in [6.45, 7) is 4.39. The maximum absolute atomic E-state index is 9.79. The first kappa shape index (κ1) is 11.5. The number of phenols is 1. The normalized spacial score (nSPS) is 10.6. The lowest BCUT2D eigenvalue weighted by Crippen LogP contribution is -2.05. The zero-order chi connectivity index (χ0) is 10.7. The number of aromatic hydroxyl groups is 1. The molecule has 3 N–H and O–H groups in total. The van der Waals surface area contributed by atoms with Crippen molar-refractivity contribution in [2.45, 2.75) is 20.3 Å². The third-order valence-corrected chi connectivity index (χ3v) is 2.97. The Kier molecular flexibility index (Phi) is 3.92. The quantitative estimate of drug-likeness (QED) is 0.819. The molecule has 1 rings (SSSR count). The fourth-order valence-electron chi connectivity index (χ4n) is 1.39. The molecule has 0 aromatic heterocycles. The van der Waals surface area contributed by atoms with Gasteiger partial charge in [-0.1, -0.05) is 0 Å². The first-order chi connectivity index (χ1) is 6.57. The first-order valence-corrected chi connectivity index (χ1v) is 5.16. The molecule has 0 aliphatic rings. The monoisotopic (exact) mass is 259 g/mol. The van der Waals surface area contributed by atoms with Crippen molar-refractivity contribution in [1.29, 1.82) is 0 Å². The summed E-state index contributed by atoms with van der Waals surface area (Å²) in [5.74, 6) is 5.24. The average Bonchev–Trinajstić information content (AvgIpc) is 2.15. The first-order valence-electron chi connectivity index (χ1n) is 4.37. The number of halogens is 1. The summed E-state index contributed by atoms with van der Waals surface area (Å²) in [5.41, 5.74) is 3.12. The second-order valence-electron chi connectivity index (χ2n) is 3.25. The molecule has 0 saturated heterocycles. The van der Waals surface area contributed by atoms with Gasteiger partial charge in [0.05, 0.1) is 11.1 Å². The van der Waals surface area contributed by atoms with Crippen LogP contribution < -0.4 is 5.90 Å². The van der Waals surface area contributed by atoms with Crippen LogP contribution in [0.2, 0.25) is 0 Å². The molecule has 0 radical (unpaired) electrons. The third kappa shape index (κ3) is 2.26. The van der Waals surface area contributed by atoms with Crippen LogP contribution in [0.15, 0.2) is 10.5 Å². The van der Waals surface area contributed by atoms with Crippen LogP contribution in [0.25, 0.3) is 0 Å². The van der Waals surface area contributed by atoms with Crippen molar-refractivity contribution in [3.63, 3.8) is 0 Å². The lowest BCUT2D eigenvalue weighted by Gasteiger charge is -2.12. The molecule has 14 heavy (non-hydrogen) atoms. The van der Waals surface area contributed by atoms with E-state index in [0.29, 0.717) is 17.5 Å². The fraction of sp³-hybridized carbons (Fsp3) is 0.400. The van der Waals surface area contributed by atoms with Gasteiger partial charge in [0.15, 0.2) is 0 Å². The summed E-state index contributed by atoms with van der Waals surface area (Å²) in [6.07, 6.45) is 0.619. The van der Waals surface area contributed by atoms with E-state index in [4.69, 9.17) is 5.90 Å². The molecule has 1 aromatic rings. The number of aryl methyl sites for hydroxylation is 1. The molecular formula is C10H14BrNO2. The zero-order valence-electron chi connectivity index (χ0n) is 8.30. The van der Waals surface area contributed by atoms with Crippen LogP contribution in [0.5, 0.6) is 5.75 Å². The Labute approximate surface area is 92.0 Å². The predicted octanol–water partition coefficient (Wildman–Crippen LogP) is 2.20. The summed E-state index contributed by atoms with van der Waals surface area (Å²) in [6, 6.07) is 1.90. The molecular weight excluding hydrogens is 246 g/mol. The summed E-state index contributed by atoms with van der Waals surface area (Å²) >= 11 is 3.30. The highest BCUT2D eigenvalue weighted by Crippen LogP contribution is 2.32. The number of phenolic OH excluding ortho intramolecular Hbond substituents is 1. The Morgan fingerprint density at radius 1 is 1.50 bits per heavy atom. The molecule has 0 saturated carbocycles. The molecule has 78 valence electrons. The van der Waals surface area contributed by atoms with Crippen molar-refractivity contribution in [2.75, 3.05) is 6.61 Å². The number of hydrogen-bond acceptors (Lipinski definition) is 3. The van der Waals surface area contributed by atoms with Crippen molar-refractivity contribution >= 4 is 15.9 Å². The van der Waals surface area contributed by atoms with Crippen molar-refractivity contribution in [1.82, 2.24) is 0 Å². The summed E-state index contributed by atoms with van der Waals surface area (Å²) in [4.78, 5) is 4.51. The van der Waals surface area contributed by atoms with E-state index in [-0.39, 0.29) is 5.75 Å². The van der Waals surface area contributed by atoms with Crippen LogP contribution in [-0.2, 0) is 11.3 Å². The second kappa shape index (κ2) is 4.77. The maximum Gasteiger partial charge on any atom is 0.133 e. The van der Waals surface area contributed by atoms with Crippen molar-refractivity contribution < 1.29 is 9.94 Å². The zero-order valence-corrected chi connectivity index (χ0v) is 9.89. The number of hydrogen-bond donors (Lipinski definition) is 2. The van der Waals surface area contributed by atoms with Gasteiger partial charge in [-0.25, -0.2) is 5.90 Å². The molecule has 0 amide bonds. The lowest BCUT2D eigenvalue weighted by molar-refractivity contribution is 0.140. The Hall–Kier alpha value is -0.580. The van der Waals surface area contributed by atoms with E-state index in [1.165, 1.54) is 0 Å². The second-order valence-corrected chi connectivity index (χ2v) is 4.10. The van der Waals surface area contributed by atoms with E-state index in [0.717, 1.165) is 16.7 Å². The van der Waals surface area contributed by atoms with Crippen LogP contribution >= 0.6 is 15.9 Å². The highest BCUT2D eigenvalue weighted by Gasteiger charge is 2.10. The smallest absolute Gasteiger partial charge is 0.133 e. The van der Waals surface area contributed by atoms with Crippen molar-refractivity contribution in [2.24, 2.45) is 5.90 Å². The third-order valence-electron chi connectivity index (χ3n) is 2.37. The van der Waals surface area contributed by atoms with E-state index in [1.807, 2.05) is 19.9 Å². The van der Waals surface area contributed by atoms with Crippen LogP contribution in [0.1, 0.15) is 16.7 Å². The molecule has 0 spiro atoms. The minimum Gasteiger partial charge on any atom is -0.506 e. The van der Waals surface area contributed by atoms with Gasteiger partial charge in [-0.15, -0.1) is 0 Å². The standard InChI is InChI=1S/C10H14BrNO2/c1-6-5-9(11)10(13)8(7(6)2)3-4-14-12/h5,13H,3-4,12H2,1-2H3. The molecule has 0 heterocycles. The summed E-state index contributed by atoms with van der Waals surface area (Å²) in [5, 5.41) is 9.79. The average molecular weight is 260 g/mol.